The number of rotatable bonds is 3. The van der Waals surface area contributed by atoms with E-state index in [1.807, 2.05) is 53.5 Å². The lowest BCUT2D eigenvalue weighted by atomic mass is 9.94. The lowest BCUT2D eigenvalue weighted by molar-refractivity contribution is -0.208. The van der Waals surface area contributed by atoms with Crippen molar-refractivity contribution in [3.05, 3.63) is 72.5 Å². The van der Waals surface area contributed by atoms with Crippen LogP contribution in [0.25, 0.3) is 0 Å². The maximum absolute atomic E-state index is 12.7. The largest absolute Gasteiger partial charge is 0.347 e. The van der Waals surface area contributed by atoms with Crippen LogP contribution in [-0.2, 0) is 4.79 Å². The molecular formula is C17H18N2O2. The maximum atomic E-state index is 12.7. The number of carbonyl (C=O) groups is 1. The number of benzene rings is 1. The summed E-state index contributed by atoms with van der Waals surface area (Å²) in [5.74, 6) is -0.0756. The van der Waals surface area contributed by atoms with Gasteiger partial charge in [-0.1, -0.05) is 48.6 Å². The molecule has 0 bridgehead atoms. The van der Waals surface area contributed by atoms with Gasteiger partial charge in [0.05, 0.1) is 5.70 Å². The summed E-state index contributed by atoms with van der Waals surface area (Å²) in [5.41, 5.74) is 1.46. The standard InChI is InChI=1S/C17H18N2O2/c1-2-8-15-18-12-7-6-11-14(18)17(20)16(19(15)21)13-9-4-3-5-10-13/h2-7,9-11,15-16,21H,1,8,12H2. The van der Waals surface area contributed by atoms with Gasteiger partial charge in [-0.05, 0) is 11.6 Å². The van der Waals surface area contributed by atoms with Gasteiger partial charge in [0.15, 0.2) is 0 Å². The van der Waals surface area contributed by atoms with Gasteiger partial charge in [0, 0.05) is 13.0 Å². The summed E-state index contributed by atoms with van der Waals surface area (Å²) in [6.45, 7) is 4.38. The molecule has 1 aromatic rings. The molecule has 2 unspecified atom stereocenters. The van der Waals surface area contributed by atoms with Crippen LogP contribution in [0.1, 0.15) is 18.0 Å². The number of Topliss-reactive ketones (excluding diaryl/α,β-unsaturated/α-hetero) is 1. The third-order valence-electron chi connectivity index (χ3n) is 3.92. The molecule has 1 saturated heterocycles. The normalized spacial score (nSPS) is 25.5. The highest BCUT2D eigenvalue weighted by atomic mass is 16.5. The van der Waals surface area contributed by atoms with E-state index in [0.29, 0.717) is 18.7 Å². The molecule has 4 nitrogen and oxygen atoms in total. The fourth-order valence-corrected chi connectivity index (χ4v) is 2.93. The van der Waals surface area contributed by atoms with E-state index in [2.05, 4.69) is 6.58 Å². The molecule has 2 atom stereocenters. The summed E-state index contributed by atoms with van der Waals surface area (Å²) in [7, 11) is 0. The Morgan fingerprint density at radius 1 is 1.33 bits per heavy atom. The highest BCUT2D eigenvalue weighted by molar-refractivity contribution is 6.00. The van der Waals surface area contributed by atoms with Crippen LogP contribution in [0.4, 0.5) is 0 Å². The van der Waals surface area contributed by atoms with Crippen LogP contribution in [0.3, 0.4) is 0 Å². The monoisotopic (exact) mass is 282 g/mol. The van der Waals surface area contributed by atoms with Crippen molar-refractivity contribution in [1.82, 2.24) is 9.96 Å². The number of hydrogen-bond donors (Lipinski definition) is 1. The van der Waals surface area contributed by atoms with Crippen molar-refractivity contribution in [3.8, 4) is 0 Å². The number of hydroxylamine groups is 2. The van der Waals surface area contributed by atoms with Crippen molar-refractivity contribution in [2.24, 2.45) is 0 Å². The minimum Gasteiger partial charge on any atom is -0.347 e. The molecule has 0 amide bonds. The van der Waals surface area contributed by atoms with Crippen molar-refractivity contribution < 1.29 is 10.0 Å². The Morgan fingerprint density at radius 2 is 2.10 bits per heavy atom. The Kier molecular flexibility index (Phi) is 3.73. The molecule has 0 saturated carbocycles. The van der Waals surface area contributed by atoms with E-state index in [1.54, 1.807) is 6.08 Å². The number of allylic oxidation sites excluding steroid dienone is 2. The molecule has 3 rings (SSSR count). The van der Waals surface area contributed by atoms with E-state index < -0.39 is 6.04 Å². The summed E-state index contributed by atoms with van der Waals surface area (Å²) in [5, 5.41) is 11.8. The van der Waals surface area contributed by atoms with E-state index in [1.165, 1.54) is 0 Å². The predicted octanol–water partition coefficient (Wildman–Crippen LogP) is 2.66. The third kappa shape index (κ3) is 2.33. The third-order valence-corrected chi connectivity index (χ3v) is 3.92. The summed E-state index contributed by atoms with van der Waals surface area (Å²) in [6.07, 6.45) is 7.76. The molecule has 1 N–H and O–H groups in total. The highest BCUT2D eigenvalue weighted by Gasteiger charge is 2.43. The van der Waals surface area contributed by atoms with Crippen LogP contribution in [0.2, 0.25) is 0 Å². The Bertz CT molecular complexity index is 606. The van der Waals surface area contributed by atoms with Gasteiger partial charge in [0.25, 0.3) is 0 Å². The molecule has 2 aliphatic heterocycles. The average molecular weight is 282 g/mol. The van der Waals surface area contributed by atoms with Crippen LogP contribution >= 0.6 is 0 Å². The zero-order valence-corrected chi connectivity index (χ0v) is 11.7. The van der Waals surface area contributed by atoms with Crippen molar-refractivity contribution in [3.63, 3.8) is 0 Å². The zero-order valence-electron chi connectivity index (χ0n) is 11.7. The SMILES string of the molecule is C=CCC1N2CC=CC=C2C(=O)C(c2ccccc2)N1O. The van der Waals surface area contributed by atoms with Gasteiger partial charge >= 0.3 is 0 Å². The summed E-state index contributed by atoms with van der Waals surface area (Å²) in [4.78, 5) is 14.7. The summed E-state index contributed by atoms with van der Waals surface area (Å²) in [6, 6.07) is 8.72. The van der Waals surface area contributed by atoms with Crippen LogP contribution in [-0.4, -0.2) is 33.7 Å². The van der Waals surface area contributed by atoms with Crippen LogP contribution in [0, 0.1) is 0 Å². The number of fused-ring (bicyclic) bond motifs is 1. The van der Waals surface area contributed by atoms with Gasteiger partial charge < -0.3 is 10.1 Å². The first kappa shape index (κ1) is 13.8. The average Bonchev–Trinajstić information content (AvgIpc) is 2.53. The van der Waals surface area contributed by atoms with Crippen LogP contribution in [0.5, 0.6) is 0 Å². The lowest BCUT2D eigenvalue weighted by Crippen LogP contribution is -2.56. The molecule has 0 spiro atoms. The molecular weight excluding hydrogens is 264 g/mol. The second kappa shape index (κ2) is 5.68. The Labute approximate surface area is 124 Å². The predicted molar refractivity (Wildman–Crippen MR) is 80.3 cm³/mol. The second-order valence-corrected chi connectivity index (χ2v) is 5.19. The summed E-state index contributed by atoms with van der Waals surface area (Å²) < 4.78 is 0. The van der Waals surface area contributed by atoms with Gasteiger partial charge in [0.1, 0.15) is 12.2 Å². The second-order valence-electron chi connectivity index (χ2n) is 5.19. The first-order valence-corrected chi connectivity index (χ1v) is 7.04. The first-order chi connectivity index (χ1) is 10.2. The van der Waals surface area contributed by atoms with Gasteiger partial charge in [-0.2, -0.15) is 5.06 Å². The van der Waals surface area contributed by atoms with Crippen LogP contribution < -0.4 is 0 Å². The zero-order chi connectivity index (χ0) is 14.8. The van der Waals surface area contributed by atoms with E-state index >= 15 is 0 Å². The van der Waals surface area contributed by atoms with Gasteiger partial charge in [-0.25, -0.2) is 0 Å². The molecule has 2 aliphatic rings. The molecule has 0 radical (unpaired) electrons. The quantitative estimate of drug-likeness (QED) is 0.866. The molecule has 0 aromatic heterocycles. The smallest absolute Gasteiger partial charge is 0.202 e. The van der Waals surface area contributed by atoms with Crippen molar-refractivity contribution in [2.75, 3.05) is 6.54 Å². The molecule has 108 valence electrons. The number of ketones is 1. The van der Waals surface area contributed by atoms with Crippen LogP contribution in [0.15, 0.2) is 66.9 Å². The molecule has 1 aromatic carbocycles. The van der Waals surface area contributed by atoms with E-state index in [4.69, 9.17) is 0 Å². The van der Waals surface area contributed by atoms with Crippen molar-refractivity contribution in [2.45, 2.75) is 18.6 Å². The Balaban J connectivity index is 2.04. The lowest BCUT2D eigenvalue weighted by Gasteiger charge is -2.46. The van der Waals surface area contributed by atoms with Gasteiger partial charge in [-0.3, -0.25) is 4.79 Å². The molecule has 0 aliphatic carbocycles. The molecule has 21 heavy (non-hydrogen) atoms. The molecule has 4 heteroatoms. The fraction of sp³-hybridized carbons (Fsp3) is 0.235. The Morgan fingerprint density at radius 3 is 2.81 bits per heavy atom. The van der Waals surface area contributed by atoms with Gasteiger partial charge in [0.2, 0.25) is 5.78 Å². The van der Waals surface area contributed by atoms with Crippen molar-refractivity contribution >= 4 is 5.78 Å². The maximum Gasteiger partial charge on any atom is 0.202 e. The summed E-state index contributed by atoms with van der Waals surface area (Å²) >= 11 is 0. The Hall–Kier alpha value is -2.17. The van der Waals surface area contributed by atoms with E-state index in [9.17, 15) is 10.0 Å². The minimum absolute atomic E-state index is 0.0756. The van der Waals surface area contributed by atoms with Gasteiger partial charge in [-0.15, -0.1) is 6.58 Å². The number of nitrogens with zero attached hydrogens (tertiary/aromatic N) is 2. The van der Waals surface area contributed by atoms with E-state index in [0.717, 1.165) is 10.6 Å². The van der Waals surface area contributed by atoms with Crippen molar-refractivity contribution in [1.29, 1.82) is 0 Å². The number of hydrogen-bond acceptors (Lipinski definition) is 4. The number of carbonyl (C=O) groups excluding carboxylic acids is 1. The molecule has 1 fully saturated rings. The topological polar surface area (TPSA) is 43.8 Å². The molecule has 2 heterocycles. The fourth-order valence-electron chi connectivity index (χ4n) is 2.93. The minimum atomic E-state index is -0.662. The highest BCUT2D eigenvalue weighted by Crippen LogP contribution is 2.35. The van der Waals surface area contributed by atoms with E-state index in [-0.39, 0.29) is 11.9 Å². The first-order valence-electron chi connectivity index (χ1n) is 7.04.